The third kappa shape index (κ3) is 5.48. The van der Waals surface area contributed by atoms with Crippen molar-refractivity contribution in [3.63, 3.8) is 0 Å². The Balaban J connectivity index is 1.25. The van der Waals surface area contributed by atoms with Gasteiger partial charge in [0, 0.05) is 37.1 Å². The fraction of sp³-hybridized carbons (Fsp3) is 0.333. The molecule has 2 aliphatic heterocycles. The summed E-state index contributed by atoms with van der Waals surface area (Å²) in [6, 6.07) is 13.2. The molecule has 1 fully saturated rings. The van der Waals surface area contributed by atoms with Gasteiger partial charge in [-0.2, -0.15) is 0 Å². The number of thiophene rings is 1. The minimum atomic E-state index is -0.284. The molecule has 1 N–H and O–H groups in total. The van der Waals surface area contributed by atoms with Crippen LogP contribution in [0.15, 0.2) is 53.9 Å². The Morgan fingerprint density at radius 1 is 1.11 bits per heavy atom. The first-order chi connectivity index (χ1) is 17.8. The molecule has 0 saturated carbocycles. The Bertz CT molecular complexity index is 1320. The van der Waals surface area contributed by atoms with E-state index >= 15 is 0 Å². The number of carbonyl (C=O) groups excluding carboxylic acids is 2. The molecule has 0 spiro atoms. The van der Waals surface area contributed by atoms with Crippen molar-refractivity contribution in [2.75, 3.05) is 38.0 Å². The van der Waals surface area contributed by atoms with Crippen LogP contribution in [0.3, 0.4) is 0 Å². The van der Waals surface area contributed by atoms with E-state index in [0.717, 1.165) is 24.1 Å². The van der Waals surface area contributed by atoms with E-state index in [1.54, 1.807) is 46.6 Å². The van der Waals surface area contributed by atoms with Gasteiger partial charge in [0.25, 0.3) is 0 Å². The molecule has 0 bridgehead atoms. The lowest BCUT2D eigenvalue weighted by Crippen LogP contribution is -2.58. The molecule has 3 aromatic rings. The number of halogens is 3. The second-order valence-corrected chi connectivity index (χ2v) is 11.2. The summed E-state index contributed by atoms with van der Waals surface area (Å²) in [5.74, 6) is -0.279. The highest BCUT2D eigenvalue weighted by molar-refractivity contribution is 7.10. The van der Waals surface area contributed by atoms with Gasteiger partial charge in [-0.1, -0.05) is 41.4 Å². The van der Waals surface area contributed by atoms with Gasteiger partial charge in [0.15, 0.2) is 0 Å². The van der Waals surface area contributed by atoms with E-state index in [1.807, 2.05) is 17.9 Å². The van der Waals surface area contributed by atoms with Crippen molar-refractivity contribution < 1.29 is 14.0 Å². The fourth-order valence-electron chi connectivity index (χ4n) is 5.15. The molecule has 194 valence electrons. The van der Waals surface area contributed by atoms with Crippen molar-refractivity contribution in [2.24, 2.45) is 0 Å². The van der Waals surface area contributed by atoms with Crippen LogP contribution in [0.5, 0.6) is 0 Å². The summed E-state index contributed by atoms with van der Waals surface area (Å²) in [5.41, 5.74) is 2.44. The molecule has 10 heteroatoms. The number of urea groups is 1. The number of hydrogen-bond donors (Lipinski definition) is 1. The van der Waals surface area contributed by atoms with Gasteiger partial charge in [-0.15, -0.1) is 11.3 Å². The normalized spacial score (nSPS) is 20.0. The van der Waals surface area contributed by atoms with E-state index in [4.69, 9.17) is 23.2 Å². The second kappa shape index (κ2) is 11.0. The van der Waals surface area contributed by atoms with Gasteiger partial charge in [-0.05, 0) is 60.2 Å². The molecular formula is C27H27Cl2FN4O2S. The van der Waals surface area contributed by atoms with E-state index in [9.17, 15) is 14.0 Å². The van der Waals surface area contributed by atoms with Gasteiger partial charge in [-0.25, -0.2) is 9.18 Å². The van der Waals surface area contributed by atoms with Gasteiger partial charge < -0.3 is 15.1 Å². The predicted octanol–water partition coefficient (Wildman–Crippen LogP) is 5.91. The van der Waals surface area contributed by atoms with E-state index in [1.165, 1.54) is 10.9 Å². The molecule has 1 aromatic heterocycles. The van der Waals surface area contributed by atoms with Crippen LogP contribution < -0.4 is 5.32 Å². The molecule has 2 aromatic carbocycles. The summed E-state index contributed by atoms with van der Waals surface area (Å²) in [6.45, 7) is 4.14. The maximum Gasteiger partial charge on any atom is 0.322 e. The van der Waals surface area contributed by atoms with Gasteiger partial charge in [-0.3, -0.25) is 9.69 Å². The van der Waals surface area contributed by atoms with E-state index in [0.29, 0.717) is 35.4 Å². The lowest BCUT2D eigenvalue weighted by Gasteiger charge is -2.41. The van der Waals surface area contributed by atoms with Crippen LogP contribution in [0.25, 0.3) is 0 Å². The number of fused-ring (bicyclic) bond motifs is 1. The quantitative estimate of drug-likeness (QED) is 0.431. The maximum absolute atomic E-state index is 14.1. The van der Waals surface area contributed by atoms with Crippen LogP contribution in [0.1, 0.15) is 29.0 Å². The molecule has 3 amide bonds. The Hall–Kier alpha value is -2.65. The number of nitrogens with one attached hydrogen (secondary N) is 1. The topological polar surface area (TPSA) is 55.9 Å². The van der Waals surface area contributed by atoms with Crippen LogP contribution >= 0.6 is 34.5 Å². The van der Waals surface area contributed by atoms with Crippen LogP contribution in [0, 0.1) is 5.82 Å². The molecular weight excluding hydrogens is 534 g/mol. The number of anilines is 1. The third-order valence-corrected chi connectivity index (χ3v) is 8.82. The van der Waals surface area contributed by atoms with E-state index in [-0.39, 0.29) is 36.4 Å². The molecule has 2 atom stereocenters. The lowest BCUT2D eigenvalue weighted by molar-refractivity contribution is -0.135. The average Bonchev–Trinajstić information content (AvgIpc) is 3.35. The van der Waals surface area contributed by atoms with Crippen molar-refractivity contribution in [3.8, 4) is 0 Å². The molecule has 3 heterocycles. The van der Waals surface area contributed by atoms with Crippen LogP contribution in [0.4, 0.5) is 14.9 Å². The number of benzene rings is 2. The van der Waals surface area contributed by atoms with Crippen molar-refractivity contribution in [1.82, 2.24) is 14.7 Å². The lowest BCUT2D eigenvalue weighted by atomic mass is 9.93. The standard InChI is InChI=1S/C27H27Cl2FN4O2S/c1-17-15-32(11-12-34(17)27(36)31-22-7-3-6-21(28)25(22)29)24(35)16-33-10-8-23-20(9-13-37-23)26(33)18-4-2-5-19(30)14-18/h2-7,9,13-14,17,26H,8,10-12,15-16H2,1H3,(H,31,36)/t17-,26-/m1/s1. The Morgan fingerprint density at radius 2 is 1.92 bits per heavy atom. The largest absolute Gasteiger partial charge is 0.338 e. The Labute approximate surface area is 229 Å². The molecule has 1 saturated heterocycles. The van der Waals surface area contributed by atoms with E-state index < -0.39 is 0 Å². The number of hydrogen-bond acceptors (Lipinski definition) is 4. The number of rotatable bonds is 4. The first kappa shape index (κ1) is 26.0. The van der Waals surface area contributed by atoms with Crippen molar-refractivity contribution in [1.29, 1.82) is 0 Å². The van der Waals surface area contributed by atoms with Crippen molar-refractivity contribution in [3.05, 3.63) is 85.8 Å². The fourth-order valence-corrected chi connectivity index (χ4v) is 6.40. The van der Waals surface area contributed by atoms with Gasteiger partial charge in [0.2, 0.25) is 5.91 Å². The third-order valence-electron chi connectivity index (χ3n) is 7.00. The van der Waals surface area contributed by atoms with Crippen LogP contribution in [0.2, 0.25) is 10.0 Å². The van der Waals surface area contributed by atoms with Gasteiger partial charge >= 0.3 is 6.03 Å². The molecule has 0 unspecified atom stereocenters. The smallest absolute Gasteiger partial charge is 0.322 e. The first-order valence-electron chi connectivity index (χ1n) is 12.2. The minimum absolute atomic E-state index is 0.00452. The molecule has 5 rings (SSSR count). The summed E-state index contributed by atoms with van der Waals surface area (Å²) >= 11 is 14.0. The molecule has 2 aliphatic rings. The predicted molar refractivity (Wildman–Crippen MR) is 146 cm³/mol. The number of amides is 3. The SMILES string of the molecule is C[C@@H]1CN(C(=O)CN2CCc3sccc3[C@H]2c2cccc(F)c2)CCN1C(=O)Nc1cccc(Cl)c1Cl. The first-order valence-corrected chi connectivity index (χ1v) is 13.8. The Morgan fingerprint density at radius 3 is 2.70 bits per heavy atom. The maximum atomic E-state index is 14.1. The van der Waals surface area contributed by atoms with Crippen LogP contribution in [-0.2, 0) is 11.2 Å². The highest BCUT2D eigenvalue weighted by atomic mass is 35.5. The monoisotopic (exact) mass is 560 g/mol. The van der Waals surface area contributed by atoms with Crippen molar-refractivity contribution >= 4 is 52.2 Å². The Kier molecular flexibility index (Phi) is 7.72. The highest BCUT2D eigenvalue weighted by Crippen LogP contribution is 2.38. The summed E-state index contributed by atoms with van der Waals surface area (Å²) in [5, 5.41) is 5.55. The second-order valence-electron chi connectivity index (χ2n) is 9.39. The highest BCUT2D eigenvalue weighted by Gasteiger charge is 2.34. The van der Waals surface area contributed by atoms with Crippen molar-refractivity contribution in [2.45, 2.75) is 25.4 Å². The summed E-state index contributed by atoms with van der Waals surface area (Å²) in [6.07, 6.45) is 0.864. The average molecular weight is 562 g/mol. The molecule has 37 heavy (non-hydrogen) atoms. The summed E-state index contributed by atoms with van der Waals surface area (Å²) in [7, 11) is 0. The van der Waals surface area contributed by atoms with Gasteiger partial charge in [0.05, 0.1) is 28.3 Å². The number of piperazine rings is 1. The summed E-state index contributed by atoms with van der Waals surface area (Å²) in [4.78, 5) is 33.3. The zero-order valence-corrected chi connectivity index (χ0v) is 22.6. The molecule has 6 nitrogen and oxygen atoms in total. The molecule has 0 radical (unpaired) electrons. The number of carbonyl (C=O) groups is 2. The summed E-state index contributed by atoms with van der Waals surface area (Å²) < 4.78 is 14.1. The van der Waals surface area contributed by atoms with Gasteiger partial charge in [0.1, 0.15) is 5.82 Å². The van der Waals surface area contributed by atoms with Crippen LogP contribution in [-0.4, -0.2) is 65.4 Å². The zero-order chi connectivity index (χ0) is 26.1. The van der Waals surface area contributed by atoms with E-state index in [2.05, 4.69) is 21.7 Å². The number of nitrogens with zero attached hydrogens (tertiary/aromatic N) is 3. The molecule has 0 aliphatic carbocycles. The zero-order valence-electron chi connectivity index (χ0n) is 20.3. The minimum Gasteiger partial charge on any atom is -0.338 e.